The first kappa shape index (κ1) is 72.4. The lowest BCUT2D eigenvalue weighted by atomic mass is 10.0. The van der Waals surface area contributed by atoms with E-state index in [0.29, 0.717) is 19.3 Å². The molecule has 0 amide bonds. The number of carbonyl (C=O) groups excluding carboxylic acids is 3. The van der Waals surface area contributed by atoms with E-state index in [1.165, 1.54) is 302 Å². The summed E-state index contributed by atoms with van der Waals surface area (Å²) in [5.41, 5.74) is 0. The average Bonchev–Trinajstić information content (AvgIpc) is 3.40. The molecule has 0 saturated heterocycles. The highest BCUT2D eigenvalue weighted by molar-refractivity contribution is 5.71. The van der Waals surface area contributed by atoms with Crippen LogP contribution in [0.25, 0.3) is 0 Å². The van der Waals surface area contributed by atoms with Crippen LogP contribution in [0, 0.1) is 0 Å². The molecule has 6 heteroatoms. The van der Waals surface area contributed by atoms with E-state index in [0.717, 1.165) is 57.8 Å². The molecule has 0 aliphatic heterocycles. The summed E-state index contributed by atoms with van der Waals surface area (Å²) in [7, 11) is 0. The van der Waals surface area contributed by atoms with Crippen molar-refractivity contribution in [3.63, 3.8) is 0 Å². The zero-order valence-corrected chi connectivity index (χ0v) is 50.7. The highest BCUT2D eigenvalue weighted by atomic mass is 16.6. The van der Waals surface area contributed by atoms with E-state index in [-0.39, 0.29) is 31.1 Å². The maximum atomic E-state index is 12.9. The second-order valence-electron chi connectivity index (χ2n) is 23.5. The Morgan fingerprint density at radius 1 is 0.216 bits per heavy atom. The van der Waals surface area contributed by atoms with Crippen LogP contribution in [0.3, 0.4) is 0 Å². The van der Waals surface area contributed by atoms with Crippen molar-refractivity contribution in [3.05, 3.63) is 0 Å². The van der Waals surface area contributed by atoms with E-state index < -0.39 is 6.10 Å². The smallest absolute Gasteiger partial charge is 0.306 e. The van der Waals surface area contributed by atoms with Crippen LogP contribution < -0.4 is 0 Å². The molecule has 0 fully saturated rings. The zero-order valence-electron chi connectivity index (χ0n) is 50.7. The molecule has 74 heavy (non-hydrogen) atoms. The van der Waals surface area contributed by atoms with E-state index in [4.69, 9.17) is 14.2 Å². The number of hydrogen-bond donors (Lipinski definition) is 0. The third-order valence-electron chi connectivity index (χ3n) is 15.9. The van der Waals surface area contributed by atoms with E-state index in [2.05, 4.69) is 20.8 Å². The standard InChI is InChI=1S/C68H132O6/c1-4-7-10-13-16-19-21-23-25-27-29-31-33-34-35-37-38-40-42-44-46-49-52-55-58-61-67(70)73-64-65(63-72-66(69)60-57-54-51-48-18-15-12-9-6-3)74-68(71)62-59-56-53-50-47-45-43-41-39-36-32-30-28-26-24-22-20-17-14-11-8-5-2/h65H,4-64H2,1-3H3. The molecule has 0 spiro atoms. The van der Waals surface area contributed by atoms with Gasteiger partial charge in [0.2, 0.25) is 0 Å². The van der Waals surface area contributed by atoms with Crippen LogP contribution in [-0.2, 0) is 28.6 Å². The van der Waals surface area contributed by atoms with Crippen LogP contribution in [0.15, 0.2) is 0 Å². The van der Waals surface area contributed by atoms with Gasteiger partial charge in [-0.05, 0) is 19.3 Å². The van der Waals surface area contributed by atoms with E-state index >= 15 is 0 Å². The van der Waals surface area contributed by atoms with Crippen molar-refractivity contribution in [1.82, 2.24) is 0 Å². The topological polar surface area (TPSA) is 78.9 Å². The third-order valence-corrected chi connectivity index (χ3v) is 15.9. The van der Waals surface area contributed by atoms with Gasteiger partial charge >= 0.3 is 17.9 Å². The second kappa shape index (κ2) is 63.9. The molecular weight excluding hydrogens is 913 g/mol. The van der Waals surface area contributed by atoms with Crippen LogP contribution in [0.5, 0.6) is 0 Å². The number of esters is 3. The molecule has 0 aromatic rings. The first-order chi connectivity index (χ1) is 36.5. The summed E-state index contributed by atoms with van der Waals surface area (Å²) in [6, 6.07) is 0. The van der Waals surface area contributed by atoms with Gasteiger partial charge in [-0.25, -0.2) is 0 Å². The monoisotopic (exact) mass is 1050 g/mol. The molecule has 0 heterocycles. The van der Waals surface area contributed by atoms with Crippen molar-refractivity contribution in [2.24, 2.45) is 0 Å². The van der Waals surface area contributed by atoms with Crippen LogP contribution in [0.4, 0.5) is 0 Å². The molecule has 0 bridgehead atoms. The molecule has 0 aromatic heterocycles. The number of ether oxygens (including phenoxy) is 3. The van der Waals surface area contributed by atoms with Crippen molar-refractivity contribution in [1.29, 1.82) is 0 Å². The average molecular weight is 1050 g/mol. The highest BCUT2D eigenvalue weighted by Crippen LogP contribution is 2.19. The molecule has 0 radical (unpaired) electrons. The van der Waals surface area contributed by atoms with E-state index in [1.807, 2.05) is 0 Å². The minimum Gasteiger partial charge on any atom is -0.462 e. The lowest BCUT2D eigenvalue weighted by Crippen LogP contribution is -2.30. The Balaban J connectivity index is 4.09. The minimum atomic E-state index is -0.762. The highest BCUT2D eigenvalue weighted by Gasteiger charge is 2.19. The van der Waals surface area contributed by atoms with Gasteiger partial charge in [-0.15, -0.1) is 0 Å². The van der Waals surface area contributed by atoms with Crippen molar-refractivity contribution in [2.45, 2.75) is 406 Å². The van der Waals surface area contributed by atoms with Crippen LogP contribution in [0.2, 0.25) is 0 Å². The lowest BCUT2D eigenvalue weighted by molar-refractivity contribution is -0.167. The van der Waals surface area contributed by atoms with Gasteiger partial charge in [-0.3, -0.25) is 14.4 Å². The predicted molar refractivity (Wildman–Crippen MR) is 321 cm³/mol. The van der Waals surface area contributed by atoms with Gasteiger partial charge in [-0.2, -0.15) is 0 Å². The molecule has 0 aliphatic carbocycles. The number of unbranched alkanes of at least 4 members (excludes halogenated alkanes) is 53. The van der Waals surface area contributed by atoms with Gasteiger partial charge in [0.15, 0.2) is 6.10 Å². The Morgan fingerprint density at radius 3 is 0.541 bits per heavy atom. The Bertz CT molecular complexity index is 1110. The van der Waals surface area contributed by atoms with Gasteiger partial charge in [0, 0.05) is 19.3 Å². The summed E-state index contributed by atoms with van der Waals surface area (Å²) in [5, 5.41) is 0. The summed E-state index contributed by atoms with van der Waals surface area (Å²) in [5.74, 6) is -0.828. The SMILES string of the molecule is CCCCCCCCCCCCCCCCCCCCCCCCCCCC(=O)OCC(COC(=O)CCCCCCCCCCC)OC(=O)CCCCCCCCCCCCCCCCCCCCCCCC. The van der Waals surface area contributed by atoms with Gasteiger partial charge in [0.25, 0.3) is 0 Å². The van der Waals surface area contributed by atoms with Crippen LogP contribution >= 0.6 is 0 Å². The normalized spacial score (nSPS) is 11.9. The number of carbonyl (C=O) groups is 3. The molecular formula is C68H132O6. The predicted octanol–water partition coefficient (Wildman–Crippen LogP) is 23.1. The van der Waals surface area contributed by atoms with Gasteiger partial charge < -0.3 is 14.2 Å². The quantitative estimate of drug-likeness (QED) is 0.0343. The molecule has 1 atom stereocenters. The van der Waals surface area contributed by atoms with Crippen molar-refractivity contribution in [2.75, 3.05) is 13.2 Å². The molecule has 1 unspecified atom stereocenters. The van der Waals surface area contributed by atoms with E-state index in [1.54, 1.807) is 0 Å². The summed E-state index contributed by atoms with van der Waals surface area (Å²) in [4.78, 5) is 38.2. The fourth-order valence-electron chi connectivity index (χ4n) is 10.7. The fraction of sp³-hybridized carbons (Fsp3) is 0.956. The molecule has 0 rings (SSSR count). The van der Waals surface area contributed by atoms with Crippen molar-refractivity contribution < 1.29 is 28.6 Å². The minimum absolute atomic E-state index is 0.0608. The van der Waals surface area contributed by atoms with Gasteiger partial charge in [0.05, 0.1) is 0 Å². The zero-order chi connectivity index (χ0) is 53.6. The molecule has 0 saturated carbocycles. The molecule has 0 aliphatic rings. The summed E-state index contributed by atoms with van der Waals surface area (Å²) in [6.45, 7) is 6.71. The first-order valence-electron chi connectivity index (χ1n) is 34.0. The Hall–Kier alpha value is -1.59. The summed E-state index contributed by atoms with van der Waals surface area (Å²) >= 11 is 0. The lowest BCUT2D eigenvalue weighted by Gasteiger charge is -2.18. The number of rotatable bonds is 64. The molecule has 6 nitrogen and oxygen atoms in total. The maximum absolute atomic E-state index is 12.9. The van der Waals surface area contributed by atoms with Crippen LogP contribution in [0.1, 0.15) is 400 Å². The first-order valence-corrected chi connectivity index (χ1v) is 34.0. The Labute approximate surface area is 463 Å². The summed E-state index contributed by atoms with van der Waals surface area (Å²) in [6.07, 6.45) is 74.3. The molecule has 440 valence electrons. The third kappa shape index (κ3) is 61.3. The van der Waals surface area contributed by atoms with E-state index in [9.17, 15) is 14.4 Å². The molecule has 0 aromatic carbocycles. The Kier molecular flexibility index (Phi) is 62.6. The molecule has 0 N–H and O–H groups in total. The van der Waals surface area contributed by atoms with Gasteiger partial charge in [0.1, 0.15) is 13.2 Å². The maximum Gasteiger partial charge on any atom is 0.306 e. The van der Waals surface area contributed by atoms with Gasteiger partial charge in [-0.1, -0.05) is 361 Å². The second-order valence-corrected chi connectivity index (χ2v) is 23.5. The van der Waals surface area contributed by atoms with Crippen LogP contribution in [-0.4, -0.2) is 37.2 Å². The Morgan fingerprint density at radius 2 is 0.365 bits per heavy atom. The fourth-order valence-corrected chi connectivity index (χ4v) is 10.7. The van der Waals surface area contributed by atoms with Crippen molar-refractivity contribution in [3.8, 4) is 0 Å². The van der Waals surface area contributed by atoms with Crippen molar-refractivity contribution >= 4 is 17.9 Å². The largest absolute Gasteiger partial charge is 0.462 e. The summed E-state index contributed by atoms with van der Waals surface area (Å²) < 4.78 is 16.9. The number of hydrogen-bond acceptors (Lipinski definition) is 6.